The summed E-state index contributed by atoms with van der Waals surface area (Å²) in [6.07, 6.45) is 5.69. The average molecular weight is 428 g/mol. The Morgan fingerprint density at radius 3 is 2.37 bits per heavy atom. The van der Waals surface area contributed by atoms with Gasteiger partial charge < -0.3 is 20.6 Å². The summed E-state index contributed by atoms with van der Waals surface area (Å²) in [5.41, 5.74) is -0.320. The maximum Gasteiger partial charge on any atom is 0.305 e. The topological polar surface area (TPSA) is 107 Å². The maximum atomic E-state index is 12.6. The number of aliphatic hydroxyl groups is 2. The van der Waals surface area contributed by atoms with E-state index in [1.54, 1.807) is 0 Å². The molecule has 1 fully saturated rings. The summed E-state index contributed by atoms with van der Waals surface area (Å²) >= 11 is 0. The number of aliphatic hydroxyl groups excluding tert-OH is 2. The lowest BCUT2D eigenvalue weighted by Crippen LogP contribution is -2.48. The Balaban J connectivity index is 2.85. The van der Waals surface area contributed by atoms with Crippen molar-refractivity contribution < 1.29 is 24.9 Å². The maximum absolute atomic E-state index is 12.6. The molecule has 0 saturated heterocycles. The highest BCUT2D eigenvalue weighted by molar-refractivity contribution is 5.81. The number of hydrogen-bond donors (Lipinski definition) is 4. The first-order valence-corrected chi connectivity index (χ1v) is 11.8. The van der Waals surface area contributed by atoms with E-state index in [0.717, 1.165) is 44.9 Å². The molecule has 0 aliphatic heterocycles. The van der Waals surface area contributed by atoms with E-state index in [1.807, 2.05) is 20.8 Å². The molecule has 1 saturated carbocycles. The molecule has 176 valence electrons. The quantitative estimate of drug-likeness (QED) is 0.354. The molecule has 0 aromatic carbocycles. The van der Waals surface area contributed by atoms with Crippen LogP contribution in [0, 0.1) is 22.7 Å². The van der Waals surface area contributed by atoms with Gasteiger partial charge in [-0.15, -0.1) is 0 Å². The SMILES string of the molecule is CCC[C@]1(CC[C@@H](O)C[C@H](O)CC(=O)O)[C@H](CNC(=O)C(C)(C)CC)CCC[C@H]1C. The lowest BCUT2D eigenvalue weighted by molar-refractivity contribution is -0.139. The number of rotatable bonds is 13. The van der Waals surface area contributed by atoms with Gasteiger partial charge in [0.05, 0.1) is 18.6 Å². The van der Waals surface area contributed by atoms with E-state index in [2.05, 4.69) is 19.2 Å². The Bertz CT molecular complexity index is 550. The Hall–Kier alpha value is -1.14. The minimum Gasteiger partial charge on any atom is -0.481 e. The molecule has 6 heteroatoms. The predicted molar refractivity (Wildman–Crippen MR) is 119 cm³/mol. The number of amides is 1. The fourth-order valence-electron chi connectivity index (χ4n) is 5.21. The Labute approximate surface area is 182 Å². The second-order valence-electron chi connectivity index (χ2n) is 10.1. The first kappa shape index (κ1) is 26.9. The van der Waals surface area contributed by atoms with Gasteiger partial charge >= 0.3 is 5.97 Å². The van der Waals surface area contributed by atoms with Crippen molar-refractivity contribution in [2.45, 2.75) is 111 Å². The number of hydrogen-bond acceptors (Lipinski definition) is 4. The van der Waals surface area contributed by atoms with E-state index in [9.17, 15) is 19.8 Å². The molecule has 0 radical (unpaired) electrons. The minimum atomic E-state index is -1.05. The zero-order valence-electron chi connectivity index (χ0n) is 19.7. The van der Waals surface area contributed by atoms with Crippen molar-refractivity contribution in [2.24, 2.45) is 22.7 Å². The third-order valence-electron chi connectivity index (χ3n) is 7.60. The molecule has 1 amide bonds. The van der Waals surface area contributed by atoms with Gasteiger partial charge in [0.2, 0.25) is 5.91 Å². The zero-order valence-corrected chi connectivity index (χ0v) is 19.7. The summed E-state index contributed by atoms with van der Waals surface area (Å²) in [6, 6.07) is 0. The number of carboxylic acids is 1. The Morgan fingerprint density at radius 2 is 1.80 bits per heavy atom. The highest BCUT2D eigenvalue weighted by atomic mass is 16.4. The van der Waals surface area contributed by atoms with Gasteiger partial charge in [0.15, 0.2) is 0 Å². The van der Waals surface area contributed by atoms with E-state index in [4.69, 9.17) is 5.11 Å². The largest absolute Gasteiger partial charge is 0.481 e. The van der Waals surface area contributed by atoms with Gasteiger partial charge in [0, 0.05) is 12.0 Å². The van der Waals surface area contributed by atoms with E-state index in [-0.39, 0.29) is 29.6 Å². The van der Waals surface area contributed by atoms with Crippen LogP contribution < -0.4 is 5.32 Å². The van der Waals surface area contributed by atoms with Crippen LogP contribution in [-0.2, 0) is 9.59 Å². The Morgan fingerprint density at radius 1 is 1.13 bits per heavy atom. The molecular weight excluding hydrogens is 382 g/mol. The van der Waals surface area contributed by atoms with Gasteiger partial charge in [-0.25, -0.2) is 0 Å². The third kappa shape index (κ3) is 7.52. The minimum absolute atomic E-state index is 0.0510. The van der Waals surface area contributed by atoms with E-state index in [0.29, 0.717) is 24.8 Å². The molecule has 5 atom stereocenters. The molecule has 0 aromatic rings. The monoisotopic (exact) mass is 427 g/mol. The molecule has 1 rings (SSSR count). The summed E-state index contributed by atoms with van der Waals surface area (Å²) < 4.78 is 0. The van der Waals surface area contributed by atoms with Crippen molar-refractivity contribution >= 4 is 11.9 Å². The van der Waals surface area contributed by atoms with Gasteiger partial charge in [-0.2, -0.15) is 0 Å². The molecule has 0 aromatic heterocycles. The van der Waals surface area contributed by atoms with Crippen LogP contribution in [-0.4, -0.2) is 45.9 Å². The molecule has 1 aliphatic rings. The zero-order chi connectivity index (χ0) is 22.9. The van der Waals surface area contributed by atoms with Crippen LogP contribution in [0.25, 0.3) is 0 Å². The summed E-state index contributed by atoms with van der Waals surface area (Å²) in [7, 11) is 0. The average Bonchev–Trinajstić information content (AvgIpc) is 2.66. The molecule has 0 unspecified atom stereocenters. The lowest BCUT2D eigenvalue weighted by Gasteiger charge is -2.50. The van der Waals surface area contributed by atoms with E-state index in [1.165, 1.54) is 0 Å². The lowest BCUT2D eigenvalue weighted by atomic mass is 9.56. The Kier molecular flexibility index (Phi) is 10.8. The van der Waals surface area contributed by atoms with Gasteiger partial charge in [0.25, 0.3) is 0 Å². The molecule has 0 bridgehead atoms. The van der Waals surface area contributed by atoms with Crippen molar-refractivity contribution in [3.05, 3.63) is 0 Å². The highest BCUT2D eigenvalue weighted by Crippen LogP contribution is 2.52. The normalized spacial score (nSPS) is 26.8. The van der Waals surface area contributed by atoms with Crippen molar-refractivity contribution in [1.29, 1.82) is 0 Å². The van der Waals surface area contributed by atoms with Crippen LogP contribution in [0.4, 0.5) is 0 Å². The second-order valence-corrected chi connectivity index (χ2v) is 10.1. The smallest absolute Gasteiger partial charge is 0.305 e. The van der Waals surface area contributed by atoms with Gasteiger partial charge in [-0.3, -0.25) is 9.59 Å². The van der Waals surface area contributed by atoms with Gasteiger partial charge in [-0.05, 0) is 55.8 Å². The fraction of sp³-hybridized carbons (Fsp3) is 0.917. The van der Waals surface area contributed by atoms with Gasteiger partial charge in [-0.1, -0.05) is 53.9 Å². The van der Waals surface area contributed by atoms with Crippen molar-refractivity contribution in [3.63, 3.8) is 0 Å². The standard InChI is InChI=1S/C24H45NO5/c1-6-12-24(13-11-19(26)14-20(27)15-21(28)29)17(3)9-8-10-18(24)16-25-22(30)23(4,5)7-2/h17-20,26-27H,6-16H2,1-5H3,(H,25,30)(H,28,29)/t17-,18+,19-,20+,24-/m1/s1. The van der Waals surface area contributed by atoms with E-state index < -0.39 is 18.2 Å². The fourth-order valence-corrected chi connectivity index (χ4v) is 5.21. The van der Waals surface area contributed by atoms with Crippen molar-refractivity contribution in [1.82, 2.24) is 5.32 Å². The molecule has 4 N–H and O–H groups in total. The molecule has 0 spiro atoms. The summed E-state index contributed by atoms with van der Waals surface area (Å²) in [5, 5.41) is 32.3. The summed E-state index contributed by atoms with van der Waals surface area (Å²) in [6.45, 7) is 11.1. The van der Waals surface area contributed by atoms with Crippen LogP contribution >= 0.6 is 0 Å². The first-order chi connectivity index (χ1) is 14.0. The molecule has 6 nitrogen and oxygen atoms in total. The number of nitrogens with one attached hydrogen (secondary N) is 1. The predicted octanol–water partition coefficient (Wildman–Crippen LogP) is 4.13. The molecule has 1 aliphatic carbocycles. The number of carbonyl (C=O) groups excluding carboxylic acids is 1. The third-order valence-corrected chi connectivity index (χ3v) is 7.60. The summed E-state index contributed by atoms with van der Waals surface area (Å²) in [4.78, 5) is 23.4. The summed E-state index contributed by atoms with van der Waals surface area (Å²) in [5.74, 6) is -0.0771. The van der Waals surface area contributed by atoms with Crippen LogP contribution in [0.2, 0.25) is 0 Å². The van der Waals surface area contributed by atoms with Crippen LogP contribution in [0.5, 0.6) is 0 Å². The van der Waals surface area contributed by atoms with Crippen LogP contribution in [0.15, 0.2) is 0 Å². The highest BCUT2D eigenvalue weighted by Gasteiger charge is 2.45. The number of carbonyl (C=O) groups is 2. The number of aliphatic carboxylic acids is 1. The van der Waals surface area contributed by atoms with E-state index >= 15 is 0 Å². The van der Waals surface area contributed by atoms with Gasteiger partial charge in [0.1, 0.15) is 0 Å². The number of carboxylic acid groups (broad SMARTS) is 1. The van der Waals surface area contributed by atoms with Crippen LogP contribution in [0.1, 0.15) is 98.8 Å². The van der Waals surface area contributed by atoms with Crippen molar-refractivity contribution in [2.75, 3.05) is 6.54 Å². The molecule has 0 heterocycles. The second kappa shape index (κ2) is 12.0. The first-order valence-electron chi connectivity index (χ1n) is 11.8. The molecular formula is C24H45NO5. The van der Waals surface area contributed by atoms with Crippen molar-refractivity contribution in [3.8, 4) is 0 Å². The molecule has 30 heavy (non-hydrogen) atoms. The van der Waals surface area contributed by atoms with Crippen LogP contribution in [0.3, 0.4) is 0 Å².